The molecule has 5 heteroatoms. The molecule has 1 aliphatic heterocycles. The molecule has 5 nitrogen and oxygen atoms in total. The molecule has 0 spiro atoms. The summed E-state index contributed by atoms with van der Waals surface area (Å²) >= 11 is 0. The van der Waals surface area contributed by atoms with E-state index in [1.165, 1.54) is 6.07 Å². The van der Waals surface area contributed by atoms with E-state index in [1.807, 2.05) is 0 Å². The third kappa shape index (κ3) is 3.17. The lowest BCUT2D eigenvalue weighted by Gasteiger charge is -2.32. The number of carboxylic acids is 1. The SMILES string of the molecule is O=C(O)c1ccccc1C(=O)N1CCCC(CCO)C1. The first-order valence-electron chi connectivity index (χ1n) is 6.86. The minimum atomic E-state index is -1.09. The fourth-order valence-electron chi connectivity index (χ4n) is 2.69. The normalized spacial score (nSPS) is 18.9. The van der Waals surface area contributed by atoms with Crippen molar-refractivity contribution in [2.24, 2.45) is 5.92 Å². The van der Waals surface area contributed by atoms with Gasteiger partial charge in [-0.2, -0.15) is 0 Å². The van der Waals surface area contributed by atoms with Crippen LogP contribution in [0.5, 0.6) is 0 Å². The maximum Gasteiger partial charge on any atom is 0.336 e. The molecule has 0 saturated carbocycles. The van der Waals surface area contributed by atoms with E-state index in [-0.39, 0.29) is 23.6 Å². The molecule has 20 heavy (non-hydrogen) atoms. The van der Waals surface area contributed by atoms with Gasteiger partial charge in [-0.15, -0.1) is 0 Å². The second-order valence-corrected chi connectivity index (χ2v) is 5.12. The van der Waals surface area contributed by atoms with Crippen LogP contribution in [0.2, 0.25) is 0 Å². The highest BCUT2D eigenvalue weighted by atomic mass is 16.4. The Labute approximate surface area is 117 Å². The zero-order chi connectivity index (χ0) is 14.5. The molecule has 1 atom stereocenters. The number of carboxylic acid groups (broad SMARTS) is 1. The van der Waals surface area contributed by atoms with Gasteiger partial charge >= 0.3 is 5.97 Å². The monoisotopic (exact) mass is 277 g/mol. The number of carbonyl (C=O) groups is 2. The number of nitrogens with zero attached hydrogens (tertiary/aromatic N) is 1. The molecule has 1 unspecified atom stereocenters. The number of carbonyl (C=O) groups excluding carboxylic acids is 1. The molecule has 0 bridgehead atoms. The first-order valence-corrected chi connectivity index (χ1v) is 6.86. The van der Waals surface area contributed by atoms with Gasteiger partial charge < -0.3 is 15.1 Å². The van der Waals surface area contributed by atoms with Crippen molar-refractivity contribution in [3.8, 4) is 0 Å². The van der Waals surface area contributed by atoms with Gasteiger partial charge in [-0.05, 0) is 37.3 Å². The second kappa shape index (κ2) is 6.52. The summed E-state index contributed by atoms with van der Waals surface area (Å²) in [5.74, 6) is -1.02. The Hall–Kier alpha value is -1.88. The van der Waals surface area contributed by atoms with Crippen LogP contribution < -0.4 is 0 Å². The van der Waals surface area contributed by atoms with E-state index in [2.05, 4.69) is 0 Å². The van der Waals surface area contributed by atoms with E-state index in [0.29, 0.717) is 25.4 Å². The smallest absolute Gasteiger partial charge is 0.336 e. The molecule has 1 amide bonds. The van der Waals surface area contributed by atoms with Crippen molar-refractivity contribution in [2.45, 2.75) is 19.3 Å². The molecule has 2 N–H and O–H groups in total. The van der Waals surface area contributed by atoms with Crippen LogP contribution in [0.4, 0.5) is 0 Å². The molecule has 1 aromatic rings. The molecular formula is C15H19NO4. The van der Waals surface area contributed by atoms with Gasteiger partial charge in [0.25, 0.3) is 5.91 Å². The van der Waals surface area contributed by atoms with Gasteiger partial charge in [0.05, 0.1) is 11.1 Å². The third-order valence-electron chi connectivity index (χ3n) is 3.73. The van der Waals surface area contributed by atoms with Gasteiger partial charge in [-0.25, -0.2) is 4.79 Å². The molecule has 2 rings (SSSR count). The van der Waals surface area contributed by atoms with Crippen molar-refractivity contribution in [1.29, 1.82) is 0 Å². The lowest BCUT2D eigenvalue weighted by Crippen LogP contribution is -2.40. The molecule has 1 saturated heterocycles. The Morgan fingerprint density at radius 1 is 1.25 bits per heavy atom. The molecule has 108 valence electrons. The molecule has 1 fully saturated rings. The molecule has 1 aliphatic rings. The Balaban J connectivity index is 2.17. The molecular weight excluding hydrogens is 258 g/mol. The zero-order valence-corrected chi connectivity index (χ0v) is 11.3. The second-order valence-electron chi connectivity index (χ2n) is 5.12. The fraction of sp³-hybridized carbons (Fsp3) is 0.467. The summed E-state index contributed by atoms with van der Waals surface area (Å²) < 4.78 is 0. The average molecular weight is 277 g/mol. The van der Waals surface area contributed by atoms with Crippen LogP contribution in [0.3, 0.4) is 0 Å². The minimum Gasteiger partial charge on any atom is -0.478 e. The highest BCUT2D eigenvalue weighted by Gasteiger charge is 2.26. The zero-order valence-electron chi connectivity index (χ0n) is 11.3. The molecule has 0 radical (unpaired) electrons. The van der Waals surface area contributed by atoms with Crippen LogP contribution in [0, 0.1) is 5.92 Å². The maximum absolute atomic E-state index is 12.5. The van der Waals surface area contributed by atoms with E-state index in [0.717, 1.165) is 12.8 Å². The summed E-state index contributed by atoms with van der Waals surface area (Å²) in [6.07, 6.45) is 2.58. The Bertz CT molecular complexity index is 498. The summed E-state index contributed by atoms with van der Waals surface area (Å²) in [6.45, 7) is 1.36. The predicted octanol–water partition coefficient (Wildman–Crippen LogP) is 1.62. The first kappa shape index (κ1) is 14.5. The Morgan fingerprint density at radius 2 is 1.95 bits per heavy atom. The predicted molar refractivity (Wildman–Crippen MR) is 73.7 cm³/mol. The lowest BCUT2D eigenvalue weighted by molar-refractivity contribution is 0.0629. The van der Waals surface area contributed by atoms with Gasteiger partial charge in [-0.1, -0.05) is 12.1 Å². The average Bonchev–Trinajstić information content (AvgIpc) is 2.47. The summed E-state index contributed by atoms with van der Waals surface area (Å²) in [5, 5.41) is 18.1. The Morgan fingerprint density at radius 3 is 2.60 bits per heavy atom. The van der Waals surface area contributed by atoms with Crippen LogP contribution >= 0.6 is 0 Å². The number of aliphatic hydroxyl groups excluding tert-OH is 1. The first-order chi connectivity index (χ1) is 9.63. The summed E-state index contributed by atoms with van der Waals surface area (Å²) in [4.78, 5) is 25.3. The van der Waals surface area contributed by atoms with E-state index in [9.17, 15) is 9.59 Å². The number of piperidine rings is 1. The number of hydrogen-bond donors (Lipinski definition) is 2. The van der Waals surface area contributed by atoms with Crippen molar-refractivity contribution in [2.75, 3.05) is 19.7 Å². The molecule has 1 aromatic carbocycles. The van der Waals surface area contributed by atoms with Crippen molar-refractivity contribution < 1.29 is 19.8 Å². The van der Waals surface area contributed by atoms with E-state index < -0.39 is 5.97 Å². The van der Waals surface area contributed by atoms with Crippen LogP contribution in [-0.2, 0) is 0 Å². The quantitative estimate of drug-likeness (QED) is 0.876. The lowest BCUT2D eigenvalue weighted by atomic mass is 9.94. The number of aromatic carboxylic acids is 1. The highest BCUT2D eigenvalue weighted by Crippen LogP contribution is 2.22. The number of aliphatic hydroxyl groups is 1. The maximum atomic E-state index is 12.5. The largest absolute Gasteiger partial charge is 0.478 e. The van der Waals surface area contributed by atoms with E-state index >= 15 is 0 Å². The summed E-state index contributed by atoms with van der Waals surface area (Å²) in [6, 6.07) is 6.30. The van der Waals surface area contributed by atoms with Crippen LogP contribution in [0.25, 0.3) is 0 Å². The Kier molecular flexibility index (Phi) is 4.74. The van der Waals surface area contributed by atoms with E-state index in [4.69, 9.17) is 10.2 Å². The van der Waals surface area contributed by atoms with Crippen molar-refractivity contribution in [1.82, 2.24) is 4.90 Å². The molecule has 1 heterocycles. The van der Waals surface area contributed by atoms with Crippen LogP contribution in [0.1, 0.15) is 40.0 Å². The number of likely N-dealkylation sites (tertiary alicyclic amines) is 1. The van der Waals surface area contributed by atoms with Crippen molar-refractivity contribution >= 4 is 11.9 Å². The number of amides is 1. The minimum absolute atomic E-state index is 0.0433. The highest BCUT2D eigenvalue weighted by molar-refractivity contribution is 6.04. The van der Waals surface area contributed by atoms with Crippen LogP contribution in [0.15, 0.2) is 24.3 Å². The fourth-order valence-corrected chi connectivity index (χ4v) is 2.69. The third-order valence-corrected chi connectivity index (χ3v) is 3.73. The van der Waals surface area contributed by atoms with Gasteiger partial charge in [0, 0.05) is 19.7 Å². The number of rotatable bonds is 4. The van der Waals surface area contributed by atoms with E-state index in [1.54, 1.807) is 23.1 Å². The topological polar surface area (TPSA) is 77.8 Å². The number of hydrogen-bond acceptors (Lipinski definition) is 3. The van der Waals surface area contributed by atoms with Gasteiger partial charge in [0.1, 0.15) is 0 Å². The van der Waals surface area contributed by atoms with Gasteiger partial charge in [-0.3, -0.25) is 4.79 Å². The van der Waals surface area contributed by atoms with Gasteiger partial charge in [0.2, 0.25) is 0 Å². The molecule has 0 aromatic heterocycles. The van der Waals surface area contributed by atoms with Crippen molar-refractivity contribution in [3.05, 3.63) is 35.4 Å². The van der Waals surface area contributed by atoms with Crippen LogP contribution in [-0.4, -0.2) is 46.7 Å². The summed E-state index contributed by atoms with van der Waals surface area (Å²) in [7, 11) is 0. The molecule has 0 aliphatic carbocycles. The standard InChI is InChI=1S/C15H19NO4/c17-9-7-11-4-3-8-16(10-11)14(18)12-5-1-2-6-13(12)15(19)20/h1-2,5-6,11,17H,3-4,7-10H2,(H,19,20). The summed E-state index contributed by atoms with van der Waals surface area (Å²) in [5.41, 5.74) is 0.284. The number of benzene rings is 1. The van der Waals surface area contributed by atoms with Crippen molar-refractivity contribution in [3.63, 3.8) is 0 Å². The van der Waals surface area contributed by atoms with Gasteiger partial charge in [0.15, 0.2) is 0 Å².